The lowest BCUT2D eigenvalue weighted by atomic mass is 9.76. The number of nitrogens with two attached hydrogens (primary N) is 1. The molecule has 1 aliphatic rings. The minimum absolute atomic E-state index is 0.0435. The van der Waals surface area contributed by atoms with E-state index >= 15 is 0 Å². The molecule has 0 aromatic heterocycles. The molecule has 2 rings (SSSR count). The number of hydrogen-bond acceptors (Lipinski definition) is 3. The summed E-state index contributed by atoms with van der Waals surface area (Å²) in [4.78, 5) is 0. The van der Waals surface area contributed by atoms with E-state index in [-0.39, 0.29) is 11.3 Å². The van der Waals surface area contributed by atoms with Crippen LogP contribution in [0.15, 0.2) is 30.3 Å². The van der Waals surface area contributed by atoms with Gasteiger partial charge in [0, 0.05) is 12.3 Å². The Morgan fingerprint density at radius 3 is 2.48 bits per heavy atom. The molecule has 2 N–H and O–H groups in total. The fraction of sp³-hybridized carbons (Fsp3) is 0.647. The first kappa shape index (κ1) is 16.5. The number of hydrogen-bond donors (Lipinski definition) is 1. The van der Waals surface area contributed by atoms with Crippen molar-refractivity contribution in [1.29, 1.82) is 0 Å². The molecule has 1 aromatic rings. The van der Waals surface area contributed by atoms with E-state index in [9.17, 15) is 8.42 Å². The number of rotatable bonds is 5. The Morgan fingerprint density at radius 2 is 1.90 bits per heavy atom. The Morgan fingerprint density at radius 1 is 1.24 bits per heavy atom. The maximum absolute atomic E-state index is 11.8. The average molecular weight is 309 g/mol. The first-order valence-corrected chi connectivity index (χ1v) is 9.88. The molecule has 0 spiro atoms. The van der Waals surface area contributed by atoms with Crippen LogP contribution in [0.1, 0.15) is 50.5 Å². The molecule has 0 radical (unpaired) electrons. The molecule has 4 atom stereocenters. The van der Waals surface area contributed by atoms with Gasteiger partial charge >= 0.3 is 0 Å². The Hall–Kier alpha value is -0.870. The quantitative estimate of drug-likeness (QED) is 0.909. The maximum Gasteiger partial charge on any atom is 0.150 e. The van der Waals surface area contributed by atoms with Crippen LogP contribution in [0.5, 0.6) is 0 Å². The van der Waals surface area contributed by atoms with Gasteiger partial charge < -0.3 is 5.73 Å². The van der Waals surface area contributed by atoms with Crippen molar-refractivity contribution in [2.45, 2.75) is 56.2 Å². The summed E-state index contributed by atoms with van der Waals surface area (Å²) >= 11 is 0. The van der Waals surface area contributed by atoms with E-state index in [0.717, 1.165) is 32.1 Å². The molecule has 0 bridgehead atoms. The summed E-state index contributed by atoms with van der Waals surface area (Å²) < 4.78 is 23.6. The summed E-state index contributed by atoms with van der Waals surface area (Å²) in [5.41, 5.74) is 7.82. The monoisotopic (exact) mass is 309 g/mol. The summed E-state index contributed by atoms with van der Waals surface area (Å²) in [7, 11) is -2.94. The summed E-state index contributed by atoms with van der Waals surface area (Å²) in [6, 6.07) is 10.4. The Labute approximate surface area is 128 Å². The summed E-state index contributed by atoms with van der Waals surface area (Å²) in [5.74, 6) is 0.623. The van der Waals surface area contributed by atoms with Crippen molar-refractivity contribution >= 4 is 9.84 Å². The van der Waals surface area contributed by atoms with E-state index in [2.05, 4.69) is 19.1 Å². The molecular weight excluding hydrogens is 282 g/mol. The van der Waals surface area contributed by atoms with Crippen LogP contribution in [0.3, 0.4) is 0 Å². The molecule has 1 fully saturated rings. The molecule has 0 amide bonds. The zero-order valence-corrected chi connectivity index (χ0v) is 13.9. The van der Waals surface area contributed by atoms with Crippen molar-refractivity contribution in [1.82, 2.24) is 0 Å². The molecule has 0 aliphatic heterocycles. The van der Waals surface area contributed by atoms with Crippen molar-refractivity contribution in [2.75, 3.05) is 6.26 Å². The SMILES string of the molecule is CCC(c1ccccc1)C(N)C1CCCC(S(C)(=O)=O)C1. The van der Waals surface area contributed by atoms with Crippen molar-refractivity contribution in [3.05, 3.63) is 35.9 Å². The van der Waals surface area contributed by atoms with Crippen LogP contribution in [-0.4, -0.2) is 26.0 Å². The van der Waals surface area contributed by atoms with Gasteiger partial charge in [0.05, 0.1) is 5.25 Å². The van der Waals surface area contributed by atoms with E-state index in [0.29, 0.717) is 11.8 Å². The van der Waals surface area contributed by atoms with Crippen LogP contribution in [-0.2, 0) is 9.84 Å². The summed E-state index contributed by atoms with van der Waals surface area (Å²) in [6.07, 6.45) is 5.90. The van der Waals surface area contributed by atoms with Gasteiger partial charge in [-0.3, -0.25) is 0 Å². The van der Waals surface area contributed by atoms with Crippen LogP contribution >= 0.6 is 0 Å². The molecule has 4 heteroatoms. The first-order chi connectivity index (χ1) is 9.93. The first-order valence-electron chi connectivity index (χ1n) is 7.92. The summed E-state index contributed by atoms with van der Waals surface area (Å²) in [5, 5.41) is -0.199. The van der Waals surface area contributed by atoms with Crippen molar-refractivity contribution in [2.24, 2.45) is 11.7 Å². The van der Waals surface area contributed by atoms with Gasteiger partial charge in [-0.25, -0.2) is 8.42 Å². The third-order valence-corrected chi connectivity index (χ3v) is 6.59. The third kappa shape index (κ3) is 4.07. The van der Waals surface area contributed by atoms with Gasteiger partial charge in [-0.2, -0.15) is 0 Å². The molecule has 118 valence electrons. The molecular formula is C17H27NO2S. The highest BCUT2D eigenvalue weighted by Crippen LogP contribution is 2.36. The van der Waals surface area contributed by atoms with E-state index in [1.165, 1.54) is 11.8 Å². The second-order valence-electron chi connectivity index (χ2n) is 6.38. The standard InChI is InChI=1S/C17H27NO2S/c1-3-16(13-8-5-4-6-9-13)17(18)14-10-7-11-15(12-14)21(2,19)20/h4-6,8-9,14-17H,3,7,10-12,18H2,1-2H3. The lowest BCUT2D eigenvalue weighted by Gasteiger charge is -2.36. The topological polar surface area (TPSA) is 60.2 Å². The fourth-order valence-electron chi connectivity index (χ4n) is 3.68. The third-order valence-electron chi connectivity index (χ3n) is 4.95. The highest BCUT2D eigenvalue weighted by molar-refractivity contribution is 7.91. The zero-order valence-electron chi connectivity index (χ0n) is 13.0. The molecule has 1 aromatic carbocycles. The highest BCUT2D eigenvalue weighted by atomic mass is 32.2. The Bertz CT molecular complexity index is 541. The molecule has 0 heterocycles. The molecule has 4 unspecified atom stereocenters. The van der Waals surface area contributed by atoms with Crippen molar-refractivity contribution in [3.8, 4) is 0 Å². The lowest BCUT2D eigenvalue weighted by molar-refractivity contribution is 0.275. The zero-order chi connectivity index (χ0) is 15.5. The Balaban J connectivity index is 2.12. The molecule has 1 aliphatic carbocycles. The van der Waals surface area contributed by atoms with Gasteiger partial charge in [-0.1, -0.05) is 43.7 Å². The fourth-order valence-corrected chi connectivity index (χ4v) is 4.87. The smallest absolute Gasteiger partial charge is 0.150 e. The van der Waals surface area contributed by atoms with E-state index in [1.807, 2.05) is 18.2 Å². The van der Waals surface area contributed by atoms with Gasteiger partial charge in [0.1, 0.15) is 9.84 Å². The van der Waals surface area contributed by atoms with E-state index in [1.54, 1.807) is 0 Å². The number of sulfone groups is 1. The molecule has 3 nitrogen and oxygen atoms in total. The molecule has 1 saturated carbocycles. The van der Waals surface area contributed by atoms with Gasteiger partial charge in [0.2, 0.25) is 0 Å². The van der Waals surface area contributed by atoms with Crippen LogP contribution in [0.4, 0.5) is 0 Å². The minimum Gasteiger partial charge on any atom is -0.327 e. The predicted molar refractivity (Wildman–Crippen MR) is 88.0 cm³/mol. The van der Waals surface area contributed by atoms with Gasteiger partial charge in [-0.15, -0.1) is 0 Å². The van der Waals surface area contributed by atoms with Crippen molar-refractivity contribution < 1.29 is 8.42 Å². The Kier molecular flexibility index (Phi) is 5.44. The second kappa shape index (κ2) is 6.93. The number of benzene rings is 1. The minimum atomic E-state index is -2.94. The highest BCUT2D eigenvalue weighted by Gasteiger charge is 2.34. The molecule has 0 saturated heterocycles. The second-order valence-corrected chi connectivity index (χ2v) is 8.71. The normalized spacial score (nSPS) is 26.2. The molecule has 21 heavy (non-hydrogen) atoms. The van der Waals surface area contributed by atoms with Crippen molar-refractivity contribution in [3.63, 3.8) is 0 Å². The van der Waals surface area contributed by atoms with Crippen LogP contribution in [0.25, 0.3) is 0 Å². The van der Waals surface area contributed by atoms with Gasteiger partial charge in [0.25, 0.3) is 0 Å². The maximum atomic E-state index is 11.8. The van der Waals surface area contributed by atoms with Crippen LogP contribution < -0.4 is 5.73 Å². The van der Waals surface area contributed by atoms with E-state index < -0.39 is 9.84 Å². The summed E-state index contributed by atoms with van der Waals surface area (Å²) in [6.45, 7) is 2.16. The van der Waals surface area contributed by atoms with E-state index in [4.69, 9.17) is 5.73 Å². The largest absolute Gasteiger partial charge is 0.327 e. The lowest BCUT2D eigenvalue weighted by Crippen LogP contribution is -2.41. The average Bonchev–Trinajstić information content (AvgIpc) is 2.48. The van der Waals surface area contributed by atoms with Gasteiger partial charge in [-0.05, 0) is 43.1 Å². The predicted octanol–water partition coefficient (Wildman–Crippen LogP) is 3.11. The van der Waals surface area contributed by atoms with Crippen LogP contribution in [0.2, 0.25) is 0 Å². The van der Waals surface area contributed by atoms with Crippen LogP contribution in [0, 0.1) is 5.92 Å². The van der Waals surface area contributed by atoms with Gasteiger partial charge in [0.15, 0.2) is 0 Å².